The minimum Gasteiger partial charge on any atom is -0.396 e. The lowest BCUT2D eigenvalue weighted by atomic mass is 10.0. The number of aliphatic hydroxyl groups is 1. The molecule has 1 heterocycles. The Bertz CT molecular complexity index is 200. The summed E-state index contributed by atoms with van der Waals surface area (Å²) in [5.41, 5.74) is 0. The Balaban J connectivity index is 2.49. The Morgan fingerprint density at radius 2 is 2.38 bits per heavy atom. The van der Waals surface area contributed by atoms with E-state index in [1.54, 1.807) is 0 Å². The molecule has 0 aliphatic carbocycles. The summed E-state index contributed by atoms with van der Waals surface area (Å²) in [6.45, 7) is 5.52. The van der Waals surface area contributed by atoms with Crippen LogP contribution in [0.5, 0.6) is 0 Å². The fraction of sp³-hybridized carbons (Fsp3) is 0.900. The Morgan fingerprint density at radius 3 is 2.85 bits per heavy atom. The summed E-state index contributed by atoms with van der Waals surface area (Å²) in [5.74, 6) is 0.404. The van der Waals surface area contributed by atoms with Crippen LogP contribution >= 0.6 is 0 Å². The molecule has 1 rings (SSSR count). The third kappa shape index (κ3) is 2.20. The van der Waals surface area contributed by atoms with Crippen molar-refractivity contribution in [1.29, 1.82) is 5.26 Å². The highest BCUT2D eigenvalue weighted by Crippen LogP contribution is 2.26. The van der Waals surface area contributed by atoms with E-state index in [4.69, 9.17) is 10.4 Å². The van der Waals surface area contributed by atoms with E-state index in [9.17, 15) is 0 Å². The van der Waals surface area contributed by atoms with Crippen LogP contribution in [0.1, 0.15) is 26.7 Å². The summed E-state index contributed by atoms with van der Waals surface area (Å²) in [6, 6.07) is 2.95. The van der Waals surface area contributed by atoms with Crippen LogP contribution in [0.3, 0.4) is 0 Å². The second kappa shape index (κ2) is 4.59. The van der Waals surface area contributed by atoms with Gasteiger partial charge in [0.05, 0.1) is 12.5 Å². The fourth-order valence-electron chi connectivity index (χ4n) is 2.15. The monoisotopic (exact) mass is 182 g/mol. The van der Waals surface area contributed by atoms with Crippen molar-refractivity contribution in [2.45, 2.75) is 38.8 Å². The SMILES string of the molecule is CC(CC#N)N1CCC(CO)C1C. The summed E-state index contributed by atoms with van der Waals surface area (Å²) in [7, 11) is 0. The molecule has 3 nitrogen and oxygen atoms in total. The van der Waals surface area contributed by atoms with Crippen molar-refractivity contribution in [1.82, 2.24) is 4.90 Å². The Hall–Kier alpha value is -0.590. The second-order valence-corrected chi connectivity index (χ2v) is 3.92. The molecule has 1 saturated heterocycles. The molecule has 0 bridgehead atoms. The van der Waals surface area contributed by atoms with Crippen molar-refractivity contribution in [2.24, 2.45) is 5.92 Å². The predicted octanol–water partition coefficient (Wildman–Crippen LogP) is 0.991. The van der Waals surface area contributed by atoms with E-state index in [0.29, 0.717) is 24.4 Å². The van der Waals surface area contributed by atoms with Crippen LogP contribution < -0.4 is 0 Å². The molecule has 74 valence electrons. The van der Waals surface area contributed by atoms with Crippen molar-refractivity contribution < 1.29 is 5.11 Å². The van der Waals surface area contributed by atoms with E-state index in [2.05, 4.69) is 24.8 Å². The number of likely N-dealkylation sites (tertiary alicyclic amines) is 1. The first-order chi connectivity index (χ1) is 6.20. The first-order valence-corrected chi connectivity index (χ1v) is 4.94. The number of nitrogens with zero attached hydrogens (tertiary/aromatic N) is 2. The number of nitriles is 1. The first kappa shape index (κ1) is 10.5. The third-order valence-electron chi connectivity index (χ3n) is 3.15. The van der Waals surface area contributed by atoms with Crippen molar-refractivity contribution in [2.75, 3.05) is 13.2 Å². The van der Waals surface area contributed by atoms with Gasteiger partial charge in [0.1, 0.15) is 0 Å². The smallest absolute Gasteiger partial charge is 0.0638 e. The van der Waals surface area contributed by atoms with E-state index in [1.807, 2.05) is 0 Å². The van der Waals surface area contributed by atoms with Gasteiger partial charge in [-0.3, -0.25) is 4.90 Å². The maximum atomic E-state index is 9.07. The van der Waals surface area contributed by atoms with Crippen molar-refractivity contribution in [3.63, 3.8) is 0 Å². The van der Waals surface area contributed by atoms with Gasteiger partial charge in [0.2, 0.25) is 0 Å². The summed E-state index contributed by atoms with van der Waals surface area (Å²) < 4.78 is 0. The van der Waals surface area contributed by atoms with Crippen molar-refractivity contribution in [3.8, 4) is 6.07 Å². The third-order valence-corrected chi connectivity index (χ3v) is 3.15. The van der Waals surface area contributed by atoms with Gasteiger partial charge in [0.15, 0.2) is 0 Å². The van der Waals surface area contributed by atoms with Crippen molar-refractivity contribution in [3.05, 3.63) is 0 Å². The van der Waals surface area contributed by atoms with Gasteiger partial charge in [0, 0.05) is 18.7 Å². The predicted molar refractivity (Wildman–Crippen MR) is 51.1 cm³/mol. The molecule has 0 radical (unpaired) electrons. The van der Waals surface area contributed by atoms with Crippen LogP contribution in [0, 0.1) is 17.2 Å². The Kier molecular flexibility index (Phi) is 3.71. The number of aliphatic hydroxyl groups excluding tert-OH is 1. The lowest BCUT2D eigenvalue weighted by molar-refractivity contribution is 0.150. The minimum absolute atomic E-state index is 0.275. The zero-order chi connectivity index (χ0) is 9.84. The maximum Gasteiger partial charge on any atom is 0.0638 e. The highest BCUT2D eigenvalue weighted by molar-refractivity contribution is 4.89. The molecule has 0 aromatic heterocycles. The highest BCUT2D eigenvalue weighted by atomic mass is 16.3. The quantitative estimate of drug-likeness (QED) is 0.708. The molecule has 3 unspecified atom stereocenters. The summed E-state index contributed by atoms with van der Waals surface area (Å²) in [5, 5.41) is 17.7. The molecule has 0 amide bonds. The molecule has 3 atom stereocenters. The van der Waals surface area contributed by atoms with E-state index >= 15 is 0 Å². The van der Waals surface area contributed by atoms with Gasteiger partial charge in [-0.05, 0) is 32.7 Å². The van der Waals surface area contributed by atoms with E-state index in [1.165, 1.54) is 0 Å². The number of hydrogen-bond donors (Lipinski definition) is 1. The lowest BCUT2D eigenvalue weighted by Gasteiger charge is -2.28. The van der Waals surface area contributed by atoms with Gasteiger partial charge in [-0.15, -0.1) is 0 Å². The Labute approximate surface area is 80.0 Å². The summed E-state index contributed by atoms with van der Waals surface area (Å²) in [4.78, 5) is 2.32. The van der Waals surface area contributed by atoms with Gasteiger partial charge < -0.3 is 5.11 Å². The highest BCUT2D eigenvalue weighted by Gasteiger charge is 2.32. The molecular formula is C10H18N2O. The van der Waals surface area contributed by atoms with E-state index < -0.39 is 0 Å². The fourth-order valence-corrected chi connectivity index (χ4v) is 2.15. The summed E-state index contributed by atoms with van der Waals surface area (Å²) >= 11 is 0. The van der Waals surface area contributed by atoms with E-state index in [0.717, 1.165) is 13.0 Å². The van der Waals surface area contributed by atoms with Gasteiger partial charge in [0.25, 0.3) is 0 Å². The van der Waals surface area contributed by atoms with Gasteiger partial charge in [-0.25, -0.2) is 0 Å². The molecular weight excluding hydrogens is 164 g/mol. The first-order valence-electron chi connectivity index (χ1n) is 4.94. The van der Waals surface area contributed by atoms with Crippen LogP contribution in [0.4, 0.5) is 0 Å². The van der Waals surface area contributed by atoms with Gasteiger partial charge in [-0.2, -0.15) is 5.26 Å². The average Bonchev–Trinajstić information content (AvgIpc) is 2.47. The molecule has 1 N–H and O–H groups in total. The second-order valence-electron chi connectivity index (χ2n) is 3.92. The molecule has 0 aromatic rings. The molecule has 0 aromatic carbocycles. The standard InChI is InChI=1S/C10H18N2O/c1-8(3-5-11)12-6-4-10(7-13)9(12)2/h8-10,13H,3-4,6-7H2,1-2H3. The normalized spacial score (nSPS) is 31.5. The zero-order valence-electron chi connectivity index (χ0n) is 8.40. The van der Waals surface area contributed by atoms with E-state index in [-0.39, 0.29) is 6.61 Å². The summed E-state index contributed by atoms with van der Waals surface area (Å²) in [6.07, 6.45) is 1.65. The lowest BCUT2D eigenvalue weighted by Crippen LogP contribution is -2.38. The maximum absolute atomic E-state index is 9.07. The molecule has 1 fully saturated rings. The van der Waals surface area contributed by atoms with Crippen LogP contribution in [0.15, 0.2) is 0 Å². The Morgan fingerprint density at radius 1 is 1.69 bits per heavy atom. The topological polar surface area (TPSA) is 47.3 Å². The molecule has 13 heavy (non-hydrogen) atoms. The largest absolute Gasteiger partial charge is 0.396 e. The zero-order valence-corrected chi connectivity index (χ0v) is 8.40. The average molecular weight is 182 g/mol. The minimum atomic E-state index is 0.275. The van der Waals surface area contributed by atoms with Crippen LogP contribution in [0.2, 0.25) is 0 Å². The number of hydrogen-bond acceptors (Lipinski definition) is 3. The van der Waals surface area contributed by atoms with Crippen LogP contribution in [-0.2, 0) is 0 Å². The molecule has 0 saturated carbocycles. The van der Waals surface area contributed by atoms with Crippen LogP contribution in [0.25, 0.3) is 0 Å². The molecule has 1 aliphatic heterocycles. The van der Waals surface area contributed by atoms with Crippen molar-refractivity contribution >= 4 is 0 Å². The molecule has 1 aliphatic rings. The number of rotatable bonds is 3. The van der Waals surface area contributed by atoms with Gasteiger partial charge in [-0.1, -0.05) is 0 Å². The molecule has 3 heteroatoms. The van der Waals surface area contributed by atoms with Gasteiger partial charge >= 0.3 is 0 Å². The molecule has 0 spiro atoms. The van der Waals surface area contributed by atoms with Crippen LogP contribution in [-0.4, -0.2) is 35.2 Å².